The summed E-state index contributed by atoms with van der Waals surface area (Å²) < 4.78 is 5.17. The molecule has 0 radical (unpaired) electrons. The molecule has 1 saturated carbocycles. The summed E-state index contributed by atoms with van der Waals surface area (Å²) in [6.07, 6.45) is 4.74. The van der Waals surface area contributed by atoms with Crippen LogP contribution in [0, 0.1) is 13.8 Å². The van der Waals surface area contributed by atoms with Gasteiger partial charge in [0.15, 0.2) is 0 Å². The van der Waals surface area contributed by atoms with Gasteiger partial charge < -0.3 is 15.2 Å². The first-order chi connectivity index (χ1) is 10.5. The third kappa shape index (κ3) is 4.18. The minimum absolute atomic E-state index is 0.0962. The van der Waals surface area contributed by atoms with Crippen LogP contribution < -0.4 is 10.6 Å². The third-order valence-electron chi connectivity index (χ3n) is 4.27. The Kier molecular flexibility index (Phi) is 6.17. The van der Waals surface area contributed by atoms with Gasteiger partial charge in [-0.1, -0.05) is 24.9 Å². The molecule has 5 nitrogen and oxygen atoms in total. The van der Waals surface area contributed by atoms with Crippen molar-refractivity contribution < 1.29 is 9.32 Å². The molecular formula is C16H27N3O2S. The van der Waals surface area contributed by atoms with E-state index >= 15 is 0 Å². The van der Waals surface area contributed by atoms with Gasteiger partial charge in [0.25, 0.3) is 0 Å². The molecule has 0 aliphatic heterocycles. The number of thioether (sulfide) groups is 1. The summed E-state index contributed by atoms with van der Waals surface area (Å²) >= 11 is 1.96. The van der Waals surface area contributed by atoms with Gasteiger partial charge in [-0.2, -0.15) is 11.8 Å². The van der Waals surface area contributed by atoms with E-state index in [1.54, 1.807) is 0 Å². The monoisotopic (exact) mass is 325 g/mol. The number of hydrogen-bond acceptors (Lipinski definition) is 4. The van der Waals surface area contributed by atoms with Gasteiger partial charge in [-0.15, -0.1) is 0 Å². The largest absolute Gasteiger partial charge is 0.361 e. The molecule has 1 aliphatic rings. The Bertz CT molecular complexity index is 482. The maximum Gasteiger partial charge on any atom is 0.315 e. The van der Waals surface area contributed by atoms with Crippen LogP contribution in [0.2, 0.25) is 0 Å². The molecule has 1 aliphatic carbocycles. The number of urea groups is 1. The molecular weight excluding hydrogens is 298 g/mol. The number of amides is 2. The van der Waals surface area contributed by atoms with Crippen LogP contribution in [0.15, 0.2) is 4.52 Å². The van der Waals surface area contributed by atoms with Crippen molar-refractivity contribution >= 4 is 17.8 Å². The van der Waals surface area contributed by atoms with Crippen LogP contribution in [0.3, 0.4) is 0 Å². The van der Waals surface area contributed by atoms with Gasteiger partial charge in [-0.05, 0) is 39.4 Å². The van der Waals surface area contributed by atoms with Gasteiger partial charge in [0.2, 0.25) is 0 Å². The summed E-state index contributed by atoms with van der Waals surface area (Å²) in [6, 6.07) is 0.0730. The van der Waals surface area contributed by atoms with Crippen molar-refractivity contribution in [2.75, 3.05) is 5.75 Å². The lowest BCUT2D eigenvalue weighted by molar-refractivity contribution is 0.230. The molecule has 0 bridgehead atoms. The van der Waals surface area contributed by atoms with Crippen LogP contribution in [0.25, 0.3) is 0 Å². The SMILES string of the molecule is CCS[C@@H]1CCCC[C@H]1NC(=O)N[C@@H](C)c1c(C)noc1C. The quantitative estimate of drug-likeness (QED) is 0.866. The third-order valence-corrected chi connectivity index (χ3v) is 5.59. The minimum Gasteiger partial charge on any atom is -0.361 e. The molecule has 1 fully saturated rings. The summed E-state index contributed by atoms with van der Waals surface area (Å²) in [5, 5.41) is 10.7. The highest BCUT2D eigenvalue weighted by Gasteiger charge is 2.27. The van der Waals surface area contributed by atoms with Crippen LogP contribution in [0.4, 0.5) is 4.79 Å². The summed E-state index contributed by atoms with van der Waals surface area (Å²) in [7, 11) is 0. The Morgan fingerprint density at radius 1 is 1.41 bits per heavy atom. The molecule has 2 amide bonds. The van der Waals surface area contributed by atoms with Crippen LogP contribution in [0.1, 0.15) is 62.6 Å². The highest BCUT2D eigenvalue weighted by molar-refractivity contribution is 7.99. The van der Waals surface area contributed by atoms with Crippen molar-refractivity contribution in [2.24, 2.45) is 0 Å². The van der Waals surface area contributed by atoms with Crippen molar-refractivity contribution in [3.8, 4) is 0 Å². The molecule has 0 saturated heterocycles. The Labute approximate surface area is 137 Å². The number of carbonyl (C=O) groups excluding carboxylic acids is 1. The summed E-state index contributed by atoms with van der Waals surface area (Å²) in [5.74, 6) is 1.86. The van der Waals surface area contributed by atoms with Crippen molar-refractivity contribution in [1.82, 2.24) is 15.8 Å². The first-order valence-electron chi connectivity index (χ1n) is 8.14. The maximum absolute atomic E-state index is 12.3. The number of aryl methyl sites for hydroxylation is 2. The van der Waals surface area contributed by atoms with E-state index < -0.39 is 0 Å². The fraction of sp³-hybridized carbons (Fsp3) is 0.750. The van der Waals surface area contributed by atoms with Crippen molar-refractivity contribution in [3.63, 3.8) is 0 Å². The zero-order valence-corrected chi connectivity index (χ0v) is 14.8. The fourth-order valence-corrected chi connectivity index (χ4v) is 4.46. The van der Waals surface area contributed by atoms with E-state index in [1.165, 1.54) is 19.3 Å². The predicted molar refractivity (Wildman–Crippen MR) is 90.2 cm³/mol. The first-order valence-corrected chi connectivity index (χ1v) is 9.19. The summed E-state index contributed by atoms with van der Waals surface area (Å²) in [6.45, 7) is 7.92. The van der Waals surface area contributed by atoms with Crippen molar-refractivity contribution in [3.05, 3.63) is 17.0 Å². The lowest BCUT2D eigenvalue weighted by Gasteiger charge is -2.32. The number of aromatic nitrogens is 1. The zero-order valence-electron chi connectivity index (χ0n) is 13.9. The van der Waals surface area contributed by atoms with Crippen LogP contribution in [-0.2, 0) is 0 Å². The van der Waals surface area contributed by atoms with Gasteiger partial charge in [0.05, 0.1) is 11.7 Å². The van der Waals surface area contributed by atoms with E-state index in [1.807, 2.05) is 32.5 Å². The molecule has 2 N–H and O–H groups in total. The number of rotatable bonds is 5. The Morgan fingerprint density at radius 2 is 2.14 bits per heavy atom. The van der Waals surface area contributed by atoms with Crippen molar-refractivity contribution in [1.29, 1.82) is 0 Å². The molecule has 0 spiro atoms. The highest BCUT2D eigenvalue weighted by Crippen LogP contribution is 2.28. The summed E-state index contributed by atoms with van der Waals surface area (Å²) in [4.78, 5) is 12.3. The second-order valence-electron chi connectivity index (χ2n) is 5.96. The molecule has 0 aromatic carbocycles. The van der Waals surface area contributed by atoms with E-state index in [0.717, 1.165) is 29.2 Å². The molecule has 0 unspecified atom stereocenters. The summed E-state index contributed by atoms with van der Waals surface area (Å²) in [5.41, 5.74) is 1.81. The van der Waals surface area contributed by atoms with E-state index in [2.05, 4.69) is 22.7 Å². The predicted octanol–water partition coefficient (Wildman–Crippen LogP) is 3.72. The Hall–Kier alpha value is -1.17. The van der Waals surface area contributed by atoms with E-state index in [9.17, 15) is 4.79 Å². The normalized spacial score (nSPS) is 23.1. The molecule has 124 valence electrons. The lowest BCUT2D eigenvalue weighted by Crippen LogP contribution is -2.48. The molecule has 2 rings (SSSR count). The fourth-order valence-electron chi connectivity index (χ4n) is 3.26. The molecule has 22 heavy (non-hydrogen) atoms. The number of nitrogens with one attached hydrogen (secondary N) is 2. The van der Waals surface area contributed by atoms with Gasteiger partial charge in [0, 0.05) is 16.9 Å². The molecule has 3 atom stereocenters. The van der Waals surface area contributed by atoms with Gasteiger partial charge in [0.1, 0.15) is 5.76 Å². The van der Waals surface area contributed by atoms with E-state index in [0.29, 0.717) is 5.25 Å². The van der Waals surface area contributed by atoms with Crippen molar-refractivity contribution in [2.45, 2.75) is 70.7 Å². The maximum atomic E-state index is 12.3. The second-order valence-corrected chi connectivity index (χ2v) is 7.48. The second kappa shape index (κ2) is 7.90. The van der Waals surface area contributed by atoms with Crippen LogP contribution >= 0.6 is 11.8 Å². The van der Waals surface area contributed by atoms with Gasteiger partial charge in [-0.25, -0.2) is 4.79 Å². The molecule has 1 aromatic rings. The molecule has 1 heterocycles. The molecule has 6 heteroatoms. The smallest absolute Gasteiger partial charge is 0.315 e. The Morgan fingerprint density at radius 3 is 2.77 bits per heavy atom. The average Bonchev–Trinajstić information content (AvgIpc) is 2.80. The zero-order chi connectivity index (χ0) is 16.1. The molecule has 1 aromatic heterocycles. The number of nitrogens with zero attached hydrogens (tertiary/aromatic N) is 1. The van der Waals surface area contributed by atoms with E-state index in [4.69, 9.17) is 4.52 Å². The van der Waals surface area contributed by atoms with Gasteiger partial charge >= 0.3 is 6.03 Å². The van der Waals surface area contributed by atoms with E-state index in [-0.39, 0.29) is 18.1 Å². The minimum atomic E-state index is -0.105. The first kappa shape index (κ1) is 17.2. The van der Waals surface area contributed by atoms with Crippen LogP contribution in [0.5, 0.6) is 0 Å². The number of carbonyl (C=O) groups is 1. The van der Waals surface area contributed by atoms with Gasteiger partial charge in [-0.3, -0.25) is 0 Å². The average molecular weight is 325 g/mol. The highest BCUT2D eigenvalue weighted by atomic mass is 32.2. The van der Waals surface area contributed by atoms with Crippen LogP contribution in [-0.4, -0.2) is 28.2 Å². The number of hydrogen-bond donors (Lipinski definition) is 2. The standard InChI is InChI=1S/C16H27N3O2S/c1-5-22-14-9-7-6-8-13(14)18-16(20)17-10(2)15-11(3)19-21-12(15)4/h10,13-14H,5-9H2,1-4H3,(H2,17,18,20)/t10-,13+,14+/m0/s1. The Balaban J connectivity index is 1.91. The topological polar surface area (TPSA) is 67.2 Å². The lowest BCUT2D eigenvalue weighted by atomic mass is 9.95.